The second-order valence-electron chi connectivity index (χ2n) is 4.87. The summed E-state index contributed by atoms with van der Waals surface area (Å²) in [6, 6.07) is 8.95. The van der Waals surface area contributed by atoms with Gasteiger partial charge >= 0.3 is 0 Å². The molecule has 0 saturated heterocycles. The van der Waals surface area contributed by atoms with Crippen LogP contribution in [0.5, 0.6) is 0 Å². The minimum Gasteiger partial charge on any atom is -0.377 e. The zero-order chi connectivity index (χ0) is 13.4. The lowest BCUT2D eigenvalue weighted by molar-refractivity contribution is 0.761. The molecule has 3 rings (SSSR count). The van der Waals surface area contributed by atoms with Gasteiger partial charge in [-0.3, -0.25) is 0 Å². The van der Waals surface area contributed by atoms with E-state index in [-0.39, 0.29) is 0 Å². The molecule has 0 spiro atoms. The first-order valence-corrected chi connectivity index (χ1v) is 7.89. The van der Waals surface area contributed by atoms with E-state index >= 15 is 0 Å². The van der Waals surface area contributed by atoms with Crippen LogP contribution < -0.4 is 5.32 Å². The summed E-state index contributed by atoms with van der Waals surface area (Å²) in [5.41, 5.74) is 5.06. The fourth-order valence-corrected chi connectivity index (χ4v) is 3.39. The first-order valence-electron chi connectivity index (χ1n) is 6.31. The van der Waals surface area contributed by atoms with Gasteiger partial charge in [-0.25, -0.2) is 4.98 Å². The summed E-state index contributed by atoms with van der Waals surface area (Å²) in [5.74, 6) is 0. The third kappa shape index (κ3) is 2.56. The molecule has 1 aliphatic rings. The molecule has 1 aliphatic carbocycles. The molecule has 0 aliphatic heterocycles. The molecule has 98 valence electrons. The lowest BCUT2D eigenvalue weighted by atomic mass is 10.1. The Labute approximate surface area is 129 Å². The minimum atomic E-state index is 0.384. The molecule has 0 amide bonds. The van der Waals surface area contributed by atoms with Crippen molar-refractivity contribution in [1.29, 1.82) is 0 Å². The van der Waals surface area contributed by atoms with E-state index in [2.05, 4.69) is 73.3 Å². The molecule has 19 heavy (non-hydrogen) atoms. The van der Waals surface area contributed by atoms with Crippen molar-refractivity contribution >= 4 is 37.5 Å². The van der Waals surface area contributed by atoms with Crippen LogP contribution in [0.15, 0.2) is 39.5 Å². The van der Waals surface area contributed by atoms with E-state index in [4.69, 9.17) is 0 Å². The van der Waals surface area contributed by atoms with Crippen molar-refractivity contribution in [2.75, 3.05) is 5.32 Å². The van der Waals surface area contributed by atoms with Crippen LogP contribution in [0.25, 0.3) is 0 Å². The van der Waals surface area contributed by atoms with Crippen molar-refractivity contribution in [3.63, 3.8) is 0 Å². The van der Waals surface area contributed by atoms with Gasteiger partial charge in [0, 0.05) is 4.47 Å². The SMILES string of the molecule is Cc1cc(NC2CCc3c(Br)cccc32)cnc1Br. The standard InChI is InChI=1S/C15H14Br2N2/c1-9-7-10(8-18-15(9)17)19-14-6-5-11-12(14)3-2-4-13(11)16/h2-4,7-8,14,19H,5-6H2,1H3. The summed E-state index contributed by atoms with van der Waals surface area (Å²) in [6.45, 7) is 2.06. The number of pyridine rings is 1. The Hall–Kier alpha value is -0.870. The third-order valence-corrected chi connectivity index (χ3v) is 5.14. The first-order chi connectivity index (χ1) is 9.15. The number of aromatic nitrogens is 1. The average molecular weight is 382 g/mol. The van der Waals surface area contributed by atoms with E-state index in [1.165, 1.54) is 15.6 Å². The molecular weight excluding hydrogens is 368 g/mol. The first kappa shape index (κ1) is 13.1. The molecule has 0 fully saturated rings. The maximum atomic E-state index is 4.34. The van der Waals surface area contributed by atoms with Crippen LogP contribution in [0.1, 0.15) is 29.2 Å². The summed E-state index contributed by atoms with van der Waals surface area (Å²) in [5, 5.41) is 3.59. The van der Waals surface area contributed by atoms with E-state index in [9.17, 15) is 0 Å². The predicted octanol–water partition coefficient (Wildman–Crippen LogP) is 5.01. The van der Waals surface area contributed by atoms with Crippen molar-refractivity contribution < 1.29 is 0 Å². The van der Waals surface area contributed by atoms with E-state index in [0.717, 1.165) is 28.7 Å². The molecule has 1 heterocycles. The van der Waals surface area contributed by atoms with Crippen LogP contribution >= 0.6 is 31.9 Å². The van der Waals surface area contributed by atoms with Gasteiger partial charge in [0.15, 0.2) is 0 Å². The molecule has 4 heteroatoms. The fraction of sp³-hybridized carbons (Fsp3) is 0.267. The largest absolute Gasteiger partial charge is 0.377 e. The van der Waals surface area contributed by atoms with Gasteiger partial charge < -0.3 is 5.32 Å². The summed E-state index contributed by atoms with van der Waals surface area (Å²) < 4.78 is 2.13. The molecule has 0 saturated carbocycles. The maximum absolute atomic E-state index is 4.34. The number of nitrogens with zero attached hydrogens (tertiary/aromatic N) is 1. The number of hydrogen-bond acceptors (Lipinski definition) is 2. The number of anilines is 1. The minimum absolute atomic E-state index is 0.384. The van der Waals surface area contributed by atoms with Crippen LogP contribution in [0.4, 0.5) is 5.69 Å². The Balaban J connectivity index is 1.86. The highest BCUT2D eigenvalue weighted by Crippen LogP contribution is 2.37. The van der Waals surface area contributed by atoms with Crippen molar-refractivity contribution in [2.45, 2.75) is 25.8 Å². The second-order valence-corrected chi connectivity index (χ2v) is 6.48. The van der Waals surface area contributed by atoms with Crippen LogP contribution in [0.3, 0.4) is 0 Å². The number of fused-ring (bicyclic) bond motifs is 1. The van der Waals surface area contributed by atoms with Gasteiger partial charge in [-0.1, -0.05) is 28.1 Å². The highest BCUT2D eigenvalue weighted by Gasteiger charge is 2.23. The highest BCUT2D eigenvalue weighted by molar-refractivity contribution is 9.10. The lowest BCUT2D eigenvalue weighted by Gasteiger charge is -2.16. The van der Waals surface area contributed by atoms with Gasteiger partial charge in [0.25, 0.3) is 0 Å². The van der Waals surface area contributed by atoms with Crippen molar-refractivity contribution in [3.8, 4) is 0 Å². The monoisotopic (exact) mass is 380 g/mol. The van der Waals surface area contributed by atoms with Crippen molar-refractivity contribution in [1.82, 2.24) is 4.98 Å². The van der Waals surface area contributed by atoms with E-state index in [0.29, 0.717) is 6.04 Å². The van der Waals surface area contributed by atoms with Crippen LogP contribution in [0.2, 0.25) is 0 Å². The smallest absolute Gasteiger partial charge is 0.109 e. The number of nitrogens with one attached hydrogen (secondary N) is 1. The lowest BCUT2D eigenvalue weighted by Crippen LogP contribution is -2.07. The van der Waals surface area contributed by atoms with Gasteiger partial charge in [-0.05, 0) is 64.5 Å². The van der Waals surface area contributed by atoms with E-state index in [1.807, 2.05) is 6.20 Å². The number of aryl methyl sites for hydroxylation is 1. The highest BCUT2D eigenvalue weighted by atomic mass is 79.9. The molecule has 1 N–H and O–H groups in total. The predicted molar refractivity (Wildman–Crippen MR) is 85.5 cm³/mol. The zero-order valence-electron chi connectivity index (χ0n) is 10.6. The Morgan fingerprint density at radius 1 is 1.32 bits per heavy atom. The van der Waals surface area contributed by atoms with Gasteiger partial charge in [0.2, 0.25) is 0 Å². The Morgan fingerprint density at radius 3 is 2.95 bits per heavy atom. The van der Waals surface area contributed by atoms with Gasteiger partial charge in [-0.15, -0.1) is 0 Å². The van der Waals surface area contributed by atoms with Crippen LogP contribution in [0, 0.1) is 6.92 Å². The van der Waals surface area contributed by atoms with Gasteiger partial charge in [-0.2, -0.15) is 0 Å². The van der Waals surface area contributed by atoms with Gasteiger partial charge in [0.1, 0.15) is 4.60 Å². The molecule has 0 bridgehead atoms. The number of benzene rings is 1. The van der Waals surface area contributed by atoms with Crippen LogP contribution in [-0.2, 0) is 6.42 Å². The fourth-order valence-electron chi connectivity index (χ4n) is 2.60. The van der Waals surface area contributed by atoms with E-state index in [1.54, 1.807) is 0 Å². The molecule has 0 radical (unpaired) electrons. The second kappa shape index (κ2) is 5.25. The molecule has 1 aromatic heterocycles. The number of halogens is 2. The molecule has 1 unspecified atom stereocenters. The van der Waals surface area contributed by atoms with E-state index < -0.39 is 0 Å². The number of rotatable bonds is 2. The van der Waals surface area contributed by atoms with Gasteiger partial charge in [0.05, 0.1) is 17.9 Å². The summed E-state index contributed by atoms with van der Waals surface area (Å²) in [4.78, 5) is 4.34. The maximum Gasteiger partial charge on any atom is 0.109 e. The Kier molecular flexibility index (Phi) is 3.63. The molecule has 2 nitrogen and oxygen atoms in total. The summed E-state index contributed by atoms with van der Waals surface area (Å²) >= 11 is 7.07. The summed E-state index contributed by atoms with van der Waals surface area (Å²) in [6.07, 6.45) is 4.14. The average Bonchev–Trinajstić information content (AvgIpc) is 2.79. The quantitative estimate of drug-likeness (QED) is 0.739. The topological polar surface area (TPSA) is 24.9 Å². The Bertz CT molecular complexity index is 626. The normalized spacial score (nSPS) is 17.3. The third-order valence-electron chi connectivity index (χ3n) is 3.57. The van der Waals surface area contributed by atoms with Crippen LogP contribution in [-0.4, -0.2) is 4.98 Å². The Morgan fingerprint density at radius 2 is 2.16 bits per heavy atom. The molecule has 2 aromatic rings. The molecule has 1 aromatic carbocycles. The molecular formula is C15H14Br2N2. The molecule has 1 atom stereocenters. The number of hydrogen-bond donors (Lipinski definition) is 1. The zero-order valence-corrected chi connectivity index (χ0v) is 13.8. The summed E-state index contributed by atoms with van der Waals surface area (Å²) in [7, 11) is 0. The van der Waals surface area contributed by atoms with Crippen molar-refractivity contribution in [3.05, 3.63) is 56.2 Å². The van der Waals surface area contributed by atoms with Crippen molar-refractivity contribution in [2.24, 2.45) is 0 Å².